The summed E-state index contributed by atoms with van der Waals surface area (Å²) < 4.78 is 5.41. The number of para-hydroxylation sites is 1. The van der Waals surface area contributed by atoms with Crippen LogP contribution in [0.2, 0.25) is 0 Å². The zero-order valence-electron chi connectivity index (χ0n) is 16.8. The number of aromatic nitrogens is 3. The van der Waals surface area contributed by atoms with Crippen LogP contribution in [0.25, 0.3) is 0 Å². The molecule has 6 nitrogen and oxygen atoms in total. The SMILES string of the molecule is COc1ccccc1CNc1cnnc(N2CCC(Cc3ccccc3)CC2)n1. The lowest BCUT2D eigenvalue weighted by atomic mass is 9.90. The normalized spacial score (nSPS) is 14.6. The first-order valence-corrected chi connectivity index (χ1v) is 10.2. The summed E-state index contributed by atoms with van der Waals surface area (Å²) in [5.41, 5.74) is 2.50. The molecule has 1 aliphatic heterocycles. The summed E-state index contributed by atoms with van der Waals surface area (Å²) >= 11 is 0. The van der Waals surface area contributed by atoms with Crippen molar-refractivity contribution in [2.45, 2.75) is 25.8 Å². The minimum Gasteiger partial charge on any atom is -0.496 e. The first-order valence-electron chi connectivity index (χ1n) is 10.2. The zero-order valence-corrected chi connectivity index (χ0v) is 16.8. The standard InChI is InChI=1S/C23H27N5O/c1-29-21-10-6-5-9-20(21)16-24-22-17-25-27-23(26-22)28-13-11-19(12-14-28)15-18-7-3-2-4-8-18/h2-10,17,19H,11-16H2,1H3,(H,24,26,27). The van der Waals surface area contributed by atoms with Crippen LogP contribution in [-0.4, -0.2) is 35.4 Å². The third-order valence-electron chi connectivity index (χ3n) is 5.46. The molecule has 3 aromatic rings. The predicted octanol–water partition coefficient (Wildman–Crippen LogP) is 3.95. The van der Waals surface area contributed by atoms with Crippen molar-refractivity contribution in [2.75, 3.05) is 30.4 Å². The van der Waals surface area contributed by atoms with Crippen molar-refractivity contribution in [2.24, 2.45) is 5.92 Å². The van der Waals surface area contributed by atoms with E-state index in [-0.39, 0.29) is 0 Å². The van der Waals surface area contributed by atoms with Gasteiger partial charge in [-0.1, -0.05) is 48.5 Å². The summed E-state index contributed by atoms with van der Waals surface area (Å²) in [6, 6.07) is 18.7. The van der Waals surface area contributed by atoms with Crippen LogP contribution >= 0.6 is 0 Å². The molecule has 0 amide bonds. The van der Waals surface area contributed by atoms with E-state index >= 15 is 0 Å². The highest BCUT2D eigenvalue weighted by Gasteiger charge is 2.21. The molecule has 2 aromatic carbocycles. The quantitative estimate of drug-likeness (QED) is 0.660. The first kappa shape index (κ1) is 19.2. The van der Waals surface area contributed by atoms with Crippen molar-refractivity contribution in [3.05, 3.63) is 71.9 Å². The lowest BCUT2D eigenvalue weighted by molar-refractivity contribution is 0.400. The molecule has 0 spiro atoms. The van der Waals surface area contributed by atoms with Gasteiger partial charge in [-0.3, -0.25) is 0 Å². The Labute approximate surface area is 172 Å². The van der Waals surface area contributed by atoms with E-state index in [1.807, 2.05) is 24.3 Å². The van der Waals surface area contributed by atoms with Crippen molar-refractivity contribution < 1.29 is 4.74 Å². The van der Waals surface area contributed by atoms with Crippen LogP contribution in [-0.2, 0) is 13.0 Å². The van der Waals surface area contributed by atoms with Gasteiger partial charge >= 0.3 is 0 Å². The van der Waals surface area contributed by atoms with Gasteiger partial charge in [0.25, 0.3) is 0 Å². The zero-order chi connectivity index (χ0) is 19.9. The molecular formula is C23H27N5O. The number of anilines is 2. The van der Waals surface area contributed by atoms with E-state index in [1.54, 1.807) is 13.3 Å². The van der Waals surface area contributed by atoms with Crippen molar-refractivity contribution in [3.63, 3.8) is 0 Å². The van der Waals surface area contributed by atoms with Gasteiger partial charge in [-0.25, -0.2) is 0 Å². The molecule has 0 unspecified atom stereocenters. The summed E-state index contributed by atoms with van der Waals surface area (Å²) in [5.74, 6) is 3.01. The highest BCUT2D eigenvalue weighted by atomic mass is 16.5. The van der Waals surface area contributed by atoms with Gasteiger partial charge in [0.05, 0.1) is 13.3 Å². The largest absolute Gasteiger partial charge is 0.496 e. The summed E-state index contributed by atoms with van der Waals surface area (Å²) in [7, 11) is 1.69. The van der Waals surface area contributed by atoms with Gasteiger partial charge in [0.1, 0.15) is 5.75 Å². The Hall–Kier alpha value is -3.15. The van der Waals surface area contributed by atoms with Crippen molar-refractivity contribution in [1.82, 2.24) is 15.2 Å². The smallest absolute Gasteiger partial charge is 0.247 e. The van der Waals surface area contributed by atoms with Gasteiger partial charge in [0, 0.05) is 25.2 Å². The fraction of sp³-hybridized carbons (Fsp3) is 0.348. The minimum atomic E-state index is 0.626. The lowest BCUT2D eigenvalue weighted by Gasteiger charge is -2.31. The third-order valence-corrected chi connectivity index (χ3v) is 5.46. The number of hydrogen-bond donors (Lipinski definition) is 1. The average molecular weight is 390 g/mol. The van der Waals surface area contributed by atoms with Crippen molar-refractivity contribution >= 4 is 11.8 Å². The number of rotatable bonds is 7. The highest BCUT2D eigenvalue weighted by molar-refractivity contribution is 5.42. The maximum atomic E-state index is 5.41. The van der Waals surface area contributed by atoms with Crippen LogP contribution in [0.15, 0.2) is 60.8 Å². The van der Waals surface area contributed by atoms with Gasteiger partial charge in [-0.15, -0.1) is 5.10 Å². The molecule has 0 aliphatic carbocycles. The second-order valence-electron chi connectivity index (χ2n) is 7.43. The molecule has 0 bridgehead atoms. The van der Waals surface area contributed by atoms with Crippen LogP contribution in [0.3, 0.4) is 0 Å². The Morgan fingerprint density at radius 3 is 2.59 bits per heavy atom. The molecule has 1 N–H and O–H groups in total. The lowest BCUT2D eigenvalue weighted by Crippen LogP contribution is -2.35. The van der Waals surface area contributed by atoms with Gasteiger partial charge in [-0.2, -0.15) is 10.1 Å². The monoisotopic (exact) mass is 389 g/mol. The summed E-state index contributed by atoms with van der Waals surface area (Å²) in [6.45, 7) is 2.56. The molecule has 6 heteroatoms. The first-order chi connectivity index (χ1) is 14.3. The predicted molar refractivity (Wildman–Crippen MR) is 115 cm³/mol. The van der Waals surface area contributed by atoms with E-state index < -0.39 is 0 Å². The van der Waals surface area contributed by atoms with Crippen LogP contribution in [0.1, 0.15) is 24.0 Å². The van der Waals surface area contributed by atoms with E-state index in [0.717, 1.165) is 49.5 Å². The van der Waals surface area contributed by atoms with Crippen LogP contribution in [0.4, 0.5) is 11.8 Å². The Balaban J connectivity index is 1.33. The molecule has 0 saturated carbocycles. The minimum absolute atomic E-state index is 0.626. The molecule has 1 fully saturated rings. The second-order valence-corrected chi connectivity index (χ2v) is 7.43. The van der Waals surface area contributed by atoms with E-state index in [2.05, 4.69) is 55.7 Å². The molecule has 1 aliphatic rings. The second kappa shape index (κ2) is 9.37. The number of ether oxygens (including phenoxy) is 1. The summed E-state index contributed by atoms with van der Waals surface area (Å²) in [6.07, 6.45) is 5.11. The maximum absolute atomic E-state index is 5.41. The van der Waals surface area contributed by atoms with Crippen molar-refractivity contribution in [1.29, 1.82) is 0 Å². The molecule has 1 aromatic heterocycles. The Kier molecular flexibility index (Phi) is 6.19. The van der Waals surface area contributed by atoms with E-state index in [4.69, 9.17) is 4.74 Å². The van der Waals surface area contributed by atoms with E-state index in [0.29, 0.717) is 18.4 Å². The third kappa shape index (κ3) is 5.02. The molecule has 0 atom stereocenters. The molecule has 1 saturated heterocycles. The van der Waals surface area contributed by atoms with Crippen molar-refractivity contribution in [3.8, 4) is 5.75 Å². The molecule has 29 heavy (non-hydrogen) atoms. The summed E-state index contributed by atoms with van der Waals surface area (Å²) in [4.78, 5) is 6.92. The summed E-state index contributed by atoms with van der Waals surface area (Å²) in [5, 5.41) is 11.8. The molecule has 150 valence electrons. The van der Waals surface area contributed by atoms with Gasteiger partial charge in [-0.05, 0) is 36.8 Å². The van der Waals surface area contributed by atoms with Crippen LogP contribution < -0.4 is 15.0 Å². The fourth-order valence-electron chi connectivity index (χ4n) is 3.83. The molecular weight excluding hydrogens is 362 g/mol. The molecule has 0 radical (unpaired) electrons. The number of nitrogens with one attached hydrogen (secondary N) is 1. The molecule has 4 rings (SSSR count). The molecule has 2 heterocycles. The highest BCUT2D eigenvalue weighted by Crippen LogP contribution is 2.24. The van der Waals surface area contributed by atoms with Gasteiger partial charge in [0.15, 0.2) is 5.82 Å². The average Bonchev–Trinajstić information content (AvgIpc) is 2.79. The van der Waals surface area contributed by atoms with Gasteiger partial charge < -0.3 is 15.0 Å². The van der Waals surface area contributed by atoms with Gasteiger partial charge in [0.2, 0.25) is 5.95 Å². The fourth-order valence-corrected chi connectivity index (χ4v) is 3.83. The number of hydrogen-bond acceptors (Lipinski definition) is 6. The Morgan fingerprint density at radius 1 is 1.03 bits per heavy atom. The van der Waals surface area contributed by atoms with Crippen LogP contribution in [0.5, 0.6) is 5.75 Å². The van der Waals surface area contributed by atoms with E-state index in [9.17, 15) is 0 Å². The number of piperidine rings is 1. The Morgan fingerprint density at radius 2 is 1.79 bits per heavy atom. The topological polar surface area (TPSA) is 63.2 Å². The number of benzene rings is 2. The number of methoxy groups -OCH3 is 1. The maximum Gasteiger partial charge on any atom is 0.247 e. The van der Waals surface area contributed by atoms with E-state index in [1.165, 1.54) is 5.56 Å². The number of nitrogens with zero attached hydrogens (tertiary/aromatic N) is 4. The Bertz CT molecular complexity index is 910. The van der Waals surface area contributed by atoms with Crippen LogP contribution in [0, 0.1) is 5.92 Å².